The predicted molar refractivity (Wildman–Crippen MR) is 114 cm³/mol. The number of hydrogen-bond donors (Lipinski definition) is 0. The molecule has 0 spiro atoms. The molecule has 1 aromatic carbocycles. The lowest BCUT2D eigenvalue weighted by Gasteiger charge is -2.33. The van der Waals surface area contributed by atoms with Crippen LogP contribution in [0.4, 0.5) is 5.82 Å². The topological polar surface area (TPSA) is 71.7 Å². The van der Waals surface area contributed by atoms with E-state index < -0.39 is 0 Å². The van der Waals surface area contributed by atoms with Gasteiger partial charge in [-0.15, -0.1) is 0 Å². The van der Waals surface area contributed by atoms with Crippen molar-refractivity contribution in [3.63, 3.8) is 0 Å². The number of rotatable bonds is 5. The van der Waals surface area contributed by atoms with Crippen LogP contribution in [0.3, 0.4) is 0 Å². The normalized spacial score (nSPS) is 15.1. The van der Waals surface area contributed by atoms with Crippen LogP contribution in [0.1, 0.15) is 18.9 Å². The van der Waals surface area contributed by atoms with E-state index in [1.807, 2.05) is 18.2 Å². The summed E-state index contributed by atoms with van der Waals surface area (Å²) in [7, 11) is 3.73. The zero-order valence-corrected chi connectivity index (χ0v) is 17.1. The molecule has 7 nitrogen and oxygen atoms in total. The van der Waals surface area contributed by atoms with Gasteiger partial charge in [-0.3, -0.25) is 0 Å². The van der Waals surface area contributed by atoms with Gasteiger partial charge in [0, 0.05) is 38.4 Å². The van der Waals surface area contributed by atoms with Crippen molar-refractivity contribution in [1.82, 2.24) is 14.9 Å². The molecule has 4 rings (SSSR count). The van der Waals surface area contributed by atoms with Crippen LogP contribution < -0.4 is 15.3 Å². The van der Waals surface area contributed by atoms with Crippen molar-refractivity contribution in [3.8, 4) is 17.2 Å². The Kier molecular flexibility index (Phi) is 5.49. The van der Waals surface area contributed by atoms with Gasteiger partial charge >= 0.3 is 5.63 Å². The average Bonchev–Trinajstić information content (AvgIpc) is 2.74. The largest absolute Gasteiger partial charge is 0.497 e. The highest BCUT2D eigenvalue weighted by atomic mass is 16.5. The molecule has 0 unspecified atom stereocenters. The van der Waals surface area contributed by atoms with Crippen molar-refractivity contribution in [2.24, 2.45) is 0 Å². The molecular formula is C22H26N4O3. The number of nitrogens with zero attached hydrogens (tertiary/aromatic N) is 4. The lowest BCUT2D eigenvalue weighted by molar-refractivity contribution is 0.312. The number of pyridine rings is 1. The van der Waals surface area contributed by atoms with E-state index in [2.05, 4.69) is 28.8 Å². The molecule has 1 fully saturated rings. The standard InChI is InChI=1S/C22H26N4O3/c1-4-6-15-13-16(28-3)14-18-19(15)22(27)29-21(24-18)17-7-5-8-23-20(17)26-11-9-25(2)10-12-26/h5,7-8,13-14H,4,6,9-12H2,1-3H3. The number of likely N-dealkylation sites (N-methyl/N-ethyl adjacent to an activating group) is 1. The maximum Gasteiger partial charge on any atom is 0.347 e. The van der Waals surface area contributed by atoms with Gasteiger partial charge in [-0.25, -0.2) is 14.8 Å². The van der Waals surface area contributed by atoms with Gasteiger partial charge in [0.15, 0.2) is 0 Å². The van der Waals surface area contributed by atoms with E-state index in [9.17, 15) is 4.79 Å². The highest BCUT2D eigenvalue weighted by Gasteiger charge is 2.22. The van der Waals surface area contributed by atoms with E-state index in [4.69, 9.17) is 14.1 Å². The molecule has 7 heteroatoms. The van der Waals surface area contributed by atoms with E-state index >= 15 is 0 Å². The van der Waals surface area contributed by atoms with E-state index in [-0.39, 0.29) is 5.63 Å². The van der Waals surface area contributed by atoms with Crippen molar-refractivity contribution in [2.75, 3.05) is 45.2 Å². The molecule has 29 heavy (non-hydrogen) atoms. The monoisotopic (exact) mass is 394 g/mol. The second-order valence-corrected chi connectivity index (χ2v) is 7.40. The summed E-state index contributed by atoms with van der Waals surface area (Å²) >= 11 is 0. The van der Waals surface area contributed by atoms with Crippen LogP contribution in [0, 0.1) is 0 Å². The fraction of sp³-hybridized carbons (Fsp3) is 0.409. The Labute approximate surface area is 169 Å². The average molecular weight is 394 g/mol. The number of anilines is 1. The van der Waals surface area contributed by atoms with Crippen LogP contribution in [0.25, 0.3) is 22.4 Å². The molecule has 3 aromatic rings. The first-order chi connectivity index (χ1) is 14.1. The van der Waals surface area contributed by atoms with Crippen LogP contribution in [0.15, 0.2) is 39.7 Å². The highest BCUT2D eigenvalue weighted by Crippen LogP contribution is 2.30. The van der Waals surface area contributed by atoms with Gasteiger partial charge in [0.1, 0.15) is 11.6 Å². The van der Waals surface area contributed by atoms with E-state index in [0.717, 1.165) is 56.0 Å². The van der Waals surface area contributed by atoms with Gasteiger partial charge in [-0.1, -0.05) is 13.3 Å². The molecule has 1 aliphatic rings. The number of aryl methyl sites for hydroxylation is 1. The number of piperazine rings is 1. The third kappa shape index (κ3) is 3.82. The summed E-state index contributed by atoms with van der Waals surface area (Å²) in [5.74, 6) is 1.78. The van der Waals surface area contributed by atoms with Crippen LogP contribution in [0.2, 0.25) is 0 Å². The molecule has 2 aromatic heterocycles. The van der Waals surface area contributed by atoms with E-state index in [1.54, 1.807) is 19.4 Å². The van der Waals surface area contributed by atoms with Crippen molar-refractivity contribution in [3.05, 3.63) is 46.4 Å². The third-order valence-electron chi connectivity index (χ3n) is 5.36. The summed E-state index contributed by atoms with van der Waals surface area (Å²) in [6.07, 6.45) is 3.44. The maximum atomic E-state index is 12.9. The van der Waals surface area contributed by atoms with Crippen LogP contribution >= 0.6 is 0 Å². The molecule has 0 radical (unpaired) electrons. The van der Waals surface area contributed by atoms with Gasteiger partial charge in [0.05, 0.1) is 23.6 Å². The summed E-state index contributed by atoms with van der Waals surface area (Å²) in [5, 5.41) is 0.529. The minimum Gasteiger partial charge on any atom is -0.497 e. The van der Waals surface area contributed by atoms with Crippen molar-refractivity contribution >= 4 is 16.7 Å². The summed E-state index contributed by atoms with van der Waals surface area (Å²) in [4.78, 5) is 26.7. The Morgan fingerprint density at radius 3 is 2.72 bits per heavy atom. The molecule has 1 aliphatic heterocycles. The summed E-state index contributed by atoms with van der Waals surface area (Å²) in [6, 6.07) is 7.43. The number of fused-ring (bicyclic) bond motifs is 1. The molecule has 3 heterocycles. The van der Waals surface area contributed by atoms with Gasteiger partial charge in [-0.2, -0.15) is 0 Å². The molecular weight excluding hydrogens is 368 g/mol. The first-order valence-electron chi connectivity index (χ1n) is 10.0. The number of ether oxygens (including phenoxy) is 1. The second kappa shape index (κ2) is 8.21. The van der Waals surface area contributed by atoms with Crippen molar-refractivity contribution < 1.29 is 9.15 Å². The fourth-order valence-electron chi connectivity index (χ4n) is 3.79. The zero-order chi connectivity index (χ0) is 20.4. The third-order valence-corrected chi connectivity index (χ3v) is 5.36. The second-order valence-electron chi connectivity index (χ2n) is 7.40. The fourth-order valence-corrected chi connectivity index (χ4v) is 3.79. The molecule has 1 saturated heterocycles. The van der Waals surface area contributed by atoms with E-state index in [0.29, 0.717) is 22.5 Å². The molecule has 0 saturated carbocycles. The number of aromatic nitrogens is 2. The zero-order valence-electron chi connectivity index (χ0n) is 17.1. The number of hydrogen-bond acceptors (Lipinski definition) is 7. The van der Waals surface area contributed by atoms with E-state index in [1.165, 1.54) is 0 Å². The number of benzene rings is 1. The summed E-state index contributed by atoms with van der Waals surface area (Å²) in [6.45, 7) is 5.73. The highest BCUT2D eigenvalue weighted by molar-refractivity contribution is 5.84. The van der Waals surface area contributed by atoms with Gasteiger partial charge in [0.25, 0.3) is 0 Å². The molecule has 0 bridgehead atoms. The summed E-state index contributed by atoms with van der Waals surface area (Å²) in [5.41, 5.74) is 1.85. The molecule has 152 valence electrons. The Balaban J connectivity index is 1.84. The van der Waals surface area contributed by atoms with Gasteiger partial charge in [0.2, 0.25) is 5.89 Å². The first kappa shape index (κ1) is 19.4. The van der Waals surface area contributed by atoms with Gasteiger partial charge < -0.3 is 19.0 Å². The minimum atomic E-state index is -0.371. The molecule has 0 N–H and O–H groups in total. The first-order valence-corrected chi connectivity index (χ1v) is 10.0. The maximum absolute atomic E-state index is 12.9. The smallest absolute Gasteiger partial charge is 0.347 e. The minimum absolute atomic E-state index is 0.292. The number of methoxy groups -OCH3 is 1. The predicted octanol–water partition coefficient (Wildman–Crippen LogP) is 2.96. The molecule has 0 atom stereocenters. The molecule has 0 aliphatic carbocycles. The summed E-state index contributed by atoms with van der Waals surface area (Å²) < 4.78 is 11.1. The Bertz CT molecular complexity index is 1070. The lowest BCUT2D eigenvalue weighted by Crippen LogP contribution is -2.45. The Morgan fingerprint density at radius 1 is 1.21 bits per heavy atom. The van der Waals surface area contributed by atoms with Crippen LogP contribution in [-0.2, 0) is 6.42 Å². The SMILES string of the molecule is CCCc1cc(OC)cc2nc(-c3cccnc3N3CCN(C)CC3)oc(=O)c12. The van der Waals surface area contributed by atoms with Crippen LogP contribution in [-0.4, -0.2) is 55.2 Å². The van der Waals surface area contributed by atoms with Crippen molar-refractivity contribution in [1.29, 1.82) is 0 Å². The van der Waals surface area contributed by atoms with Crippen molar-refractivity contribution in [2.45, 2.75) is 19.8 Å². The van der Waals surface area contributed by atoms with Gasteiger partial charge in [-0.05, 0) is 37.2 Å². The lowest BCUT2D eigenvalue weighted by atomic mass is 10.0. The molecule has 0 amide bonds. The Morgan fingerprint density at radius 2 is 2.00 bits per heavy atom. The Hall–Kier alpha value is -2.93. The van der Waals surface area contributed by atoms with Crippen LogP contribution in [0.5, 0.6) is 5.75 Å². The quantitative estimate of drug-likeness (QED) is 0.659.